The maximum Gasteiger partial charge on any atom is 0.235 e. The van der Waals surface area contributed by atoms with Crippen molar-refractivity contribution in [1.29, 1.82) is 0 Å². The fourth-order valence-corrected chi connectivity index (χ4v) is 3.76. The van der Waals surface area contributed by atoms with Gasteiger partial charge in [-0.25, -0.2) is 0 Å². The van der Waals surface area contributed by atoms with Gasteiger partial charge in [0.05, 0.1) is 5.41 Å². The molecule has 1 heterocycles. The summed E-state index contributed by atoms with van der Waals surface area (Å²) in [6.45, 7) is 5.51. The quantitative estimate of drug-likeness (QED) is 0.872. The lowest BCUT2D eigenvalue weighted by atomic mass is 9.73. The number of rotatable bonds is 5. The first-order valence-corrected chi connectivity index (χ1v) is 9.26. The standard InChI is InChI=1S/C22H27NO2/c1-3-17-9-8-10-18(4-2)20(17)23-21(24)22(13-15-25-16-14-22)19-11-6-5-7-12-19/h5-12H,3-4,13-16H2,1-2H3,(H,23,24). The average Bonchev–Trinajstić information content (AvgIpc) is 2.69. The predicted molar refractivity (Wildman–Crippen MR) is 102 cm³/mol. The van der Waals surface area contributed by atoms with E-state index in [1.165, 1.54) is 11.1 Å². The van der Waals surface area contributed by atoms with E-state index in [9.17, 15) is 4.79 Å². The van der Waals surface area contributed by atoms with E-state index in [1.807, 2.05) is 18.2 Å². The zero-order valence-corrected chi connectivity index (χ0v) is 15.2. The molecule has 3 rings (SSSR count). The van der Waals surface area contributed by atoms with Crippen molar-refractivity contribution < 1.29 is 9.53 Å². The van der Waals surface area contributed by atoms with Crippen LogP contribution in [0.3, 0.4) is 0 Å². The Morgan fingerprint density at radius 2 is 1.56 bits per heavy atom. The van der Waals surface area contributed by atoms with Crippen molar-refractivity contribution in [3.8, 4) is 0 Å². The Kier molecular flexibility index (Phi) is 5.54. The molecule has 25 heavy (non-hydrogen) atoms. The van der Waals surface area contributed by atoms with Gasteiger partial charge < -0.3 is 10.1 Å². The molecule has 0 saturated carbocycles. The zero-order valence-electron chi connectivity index (χ0n) is 15.2. The Labute approximate surface area is 150 Å². The Bertz CT molecular complexity index is 696. The Morgan fingerprint density at radius 1 is 0.960 bits per heavy atom. The van der Waals surface area contributed by atoms with Gasteiger partial charge in [0.2, 0.25) is 5.91 Å². The third kappa shape index (κ3) is 3.47. The van der Waals surface area contributed by atoms with Crippen molar-refractivity contribution in [3.05, 3.63) is 65.2 Å². The van der Waals surface area contributed by atoms with E-state index in [4.69, 9.17) is 4.74 Å². The highest BCUT2D eigenvalue weighted by Gasteiger charge is 2.41. The molecule has 1 aliphatic rings. The molecule has 1 aliphatic heterocycles. The van der Waals surface area contributed by atoms with Gasteiger partial charge in [-0.1, -0.05) is 62.4 Å². The third-order valence-corrected chi connectivity index (χ3v) is 5.34. The predicted octanol–water partition coefficient (Wildman–Crippen LogP) is 4.50. The molecule has 2 aromatic carbocycles. The fourth-order valence-electron chi connectivity index (χ4n) is 3.76. The van der Waals surface area contributed by atoms with Gasteiger partial charge in [-0.15, -0.1) is 0 Å². The normalized spacial score (nSPS) is 16.4. The van der Waals surface area contributed by atoms with Crippen LogP contribution < -0.4 is 5.32 Å². The highest BCUT2D eigenvalue weighted by Crippen LogP contribution is 2.37. The Balaban J connectivity index is 1.98. The van der Waals surface area contributed by atoms with Gasteiger partial charge in [0.1, 0.15) is 0 Å². The summed E-state index contributed by atoms with van der Waals surface area (Å²) in [6.07, 6.45) is 3.26. The molecule has 0 aromatic heterocycles. The molecule has 1 amide bonds. The number of amides is 1. The molecular weight excluding hydrogens is 310 g/mol. The van der Waals surface area contributed by atoms with Crippen LogP contribution >= 0.6 is 0 Å². The highest BCUT2D eigenvalue weighted by molar-refractivity contribution is 6.00. The first kappa shape index (κ1) is 17.7. The third-order valence-electron chi connectivity index (χ3n) is 5.34. The number of carbonyl (C=O) groups is 1. The lowest BCUT2D eigenvalue weighted by molar-refractivity contribution is -0.125. The molecule has 132 valence electrons. The number of anilines is 1. The maximum atomic E-state index is 13.5. The van der Waals surface area contributed by atoms with E-state index in [2.05, 4.69) is 49.5 Å². The van der Waals surface area contributed by atoms with Crippen LogP contribution in [0.4, 0.5) is 5.69 Å². The molecule has 3 heteroatoms. The van der Waals surface area contributed by atoms with Crippen molar-refractivity contribution in [3.63, 3.8) is 0 Å². The summed E-state index contributed by atoms with van der Waals surface area (Å²) >= 11 is 0. The summed E-state index contributed by atoms with van der Waals surface area (Å²) in [6, 6.07) is 16.4. The number of ether oxygens (including phenoxy) is 1. The number of hydrogen-bond donors (Lipinski definition) is 1. The SMILES string of the molecule is CCc1cccc(CC)c1NC(=O)C1(c2ccccc2)CCOCC1. The van der Waals surface area contributed by atoms with Crippen LogP contribution in [-0.2, 0) is 27.8 Å². The summed E-state index contributed by atoms with van der Waals surface area (Å²) in [5.41, 5.74) is 3.97. The number of benzene rings is 2. The summed E-state index contributed by atoms with van der Waals surface area (Å²) in [7, 11) is 0. The van der Waals surface area contributed by atoms with Crippen molar-refractivity contribution in [2.45, 2.75) is 44.9 Å². The highest BCUT2D eigenvalue weighted by atomic mass is 16.5. The largest absolute Gasteiger partial charge is 0.381 e. The number of carbonyl (C=O) groups excluding carboxylic acids is 1. The summed E-state index contributed by atoms with van der Waals surface area (Å²) in [5, 5.41) is 3.30. The van der Waals surface area contributed by atoms with Crippen LogP contribution in [0.2, 0.25) is 0 Å². The van der Waals surface area contributed by atoms with Crippen LogP contribution in [0.1, 0.15) is 43.4 Å². The van der Waals surface area contributed by atoms with Crippen molar-refractivity contribution >= 4 is 11.6 Å². The number of para-hydroxylation sites is 1. The summed E-state index contributed by atoms with van der Waals surface area (Å²) < 4.78 is 5.56. The zero-order chi connectivity index (χ0) is 17.7. The van der Waals surface area contributed by atoms with Gasteiger partial charge in [0.15, 0.2) is 0 Å². The summed E-state index contributed by atoms with van der Waals surface area (Å²) in [4.78, 5) is 13.5. The molecule has 0 unspecified atom stereocenters. The second-order valence-corrected chi connectivity index (χ2v) is 6.67. The molecule has 3 nitrogen and oxygen atoms in total. The van der Waals surface area contributed by atoms with Crippen LogP contribution in [-0.4, -0.2) is 19.1 Å². The van der Waals surface area contributed by atoms with Gasteiger partial charge >= 0.3 is 0 Å². The van der Waals surface area contributed by atoms with Crippen molar-refractivity contribution in [2.24, 2.45) is 0 Å². The molecule has 0 spiro atoms. The van der Waals surface area contributed by atoms with Gasteiger partial charge in [0.25, 0.3) is 0 Å². The van der Waals surface area contributed by atoms with E-state index in [0.717, 1.165) is 36.9 Å². The Hall–Kier alpha value is -2.13. The van der Waals surface area contributed by atoms with E-state index >= 15 is 0 Å². The van der Waals surface area contributed by atoms with E-state index in [1.54, 1.807) is 0 Å². The van der Waals surface area contributed by atoms with E-state index in [0.29, 0.717) is 13.2 Å². The van der Waals surface area contributed by atoms with Crippen LogP contribution in [0.25, 0.3) is 0 Å². The van der Waals surface area contributed by atoms with Crippen LogP contribution in [0.5, 0.6) is 0 Å². The maximum absolute atomic E-state index is 13.5. The molecule has 0 aliphatic carbocycles. The van der Waals surface area contributed by atoms with Gasteiger partial charge in [-0.05, 0) is 42.4 Å². The molecule has 1 N–H and O–H groups in total. The lowest BCUT2D eigenvalue weighted by Crippen LogP contribution is -2.45. The second kappa shape index (κ2) is 7.83. The molecule has 1 saturated heterocycles. The molecule has 1 fully saturated rings. The van der Waals surface area contributed by atoms with Gasteiger partial charge in [-0.3, -0.25) is 4.79 Å². The topological polar surface area (TPSA) is 38.3 Å². The van der Waals surface area contributed by atoms with Gasteiger partial charge in [0, 0.05) is 18.9 Å². The number of nitrogens with one attached hydrogen (secondary N) is 1. The molecule has 0 atom stereocenters. The Morgan fingerprint density at radius 3 is 2.12 bits per heavy atom. The number of hydrogen-bond acceptors (Lipinski definition) is 2. The minimum Gasteiger partial charge on any atom is -0.381 e. The second-order valence-electron chi connectivity index (χ2n) is 6.67. The average molecular weight is 337 g/mol. The lowest BCUT2D eigenvalue weighted by Gasteiger charge is -2.36. The molecular formula is C22H27NO2. The van der Waals surface area contributed by atoms with E-state index < -0.39 is 5.41 Å². The smallest absolute Gasteiger partial charge is 0.235 e. The van der Waals surface area contributed by atoms with Crippen LogP contribution in [0, 0.1) is 0 Å². The van der Waals surface area contributed by atoms with Crippen molar-refractivity contribution in [1.82, 2.24) is 0 Å². The summed E-state index contributed by atoms with van der Waals surface area (Å²) in [5.74, 6) is 0.0950. The first-order valence-electron chi connectivity index (χ1n) is 9.26. The molecule has 0 bridgehead atoms. The van der Waals surface area contributed by atoms with Gasteiger partial charge in [-0.2, -0.15) is 0 Å². The van der Waals surface area contributed by atoms with E-state index in [-0.39, 0.29) is 5.91 Å². The number of aryl methyl sites for hydroxylation is 2. The minimum atomic E-state index is -0.509. The monoisotopic (exact) mass is 337 g/mol. The molecule has 0 radical (unpaired) electrons. The fraction of sp³-hybridized carbons (Fsp3) is 0.409. The first-order chi connectivity index (χ1) is 12.2. The minimum absolute atomic E-state index is 0.0950. The van der Waals surface area contributed by atoms with Crippen molar-refractivity contribution in [2.75, 3.05) is 18.5 Å². The van der Waals surface area contributed by atoms with Crippen LogP contribution in [0.15, 0.2) is 48.5 Å². The molecule has 2 aromatic rings.